The topological polar surface area (TPSA) is 79.4 Å². The fourth-order valence-electron chi connectivity index (χ4n) is 1.57. The van der Waals surface area contributed by atoms with E-state index in [9.17, 15) is 9.90 Å². The molecule has 0 saturated carbocycles. The molecular weight excluding hydrogens is 218 g/mol. The molecule has 0 bridgehead atoms. The maximum atomic E-state index is 11.5. The summed E-state index contributed by atoms with van der Waals surface area (Å²) < 4.78 is 0. The minimum atomic E-state index is -0.644. The third-order valence-electron chi connectivity index (χ3n) is 2.22. The molecule has 80 valence electrons. The SMILES string of the molecule is Nc1cc(Cl)cnc1N1CC(O)CC1=O. The van der Waals surface area contributed by atoms with Crippen LogP contribution in [0.25, 0.3) is 0 Å². The first kappa shape index (κ1) is 10.2. The summed E-state index contributed by atoms with van der Waals surface area (Å²) in [4.78, 5) is 16.8. The van der Waals surface area contributed by atoms with Crippen LogP contribution in [0.3, 0.4) is 0 Å². The number of carbonyl (C=O) groups excluding carboxylic acids is 1. The first-order chi connectivity index (χ1) is 7.08. The number of aromatic nitrogens is 1. The van der Waals surface area contributed by atoms with E-state index >= 15 is 0 Å². The Hall–Kier alpha value is -1.33. The largest absolute Gasteiger partial charge is 0.396 e. The van der Waals surface area contributed by atoms with Gasteiger partial charge in [-0.05, 0) is 6.07 Å². The van der Waals surface area contributed by atoms with Crippen molar-refractivity contribution in [2.24, 2.45) is 0 Å². The Morgan fingerprint density at radius 2 is 2.40 bits per heavy atom. The number of hydrogen-bond acceptors (Lipinski definition) is 4. The molecule has 1 fully saturated rings. The molecule has 15 heavy (non-hydrogen) atoms. The average Bonchev–Trinajstić information content (AvgIpc) is 2.45. The normalized spacial score (nSPS) is 21.1. The van der Waals surface area contributed by atoms with Gasteiger partial charge in [0.1, 0.15) is 0 Å². The van der Waals surface area contributed by atoms with Gasteiger partial charge >= 0.3 is 0 Å². The van der Waals surface area contributed by atoms with Crippen molar-refractivity contribution in [2.45, 2.75) is 12.5 Å². The Bertz CT molecular complexity index is 410. The molecule has 2 heterocycles. The van der Waals surface area contributed by atoms with Gasteiger partial charge in [0, 0.05) is 6.20 Å². The quantitative estimate of drug-likeness (QED) is 0.729. The lowest BCUT2D eigenvalue weighted by molar-refractivity contribution is -0.117. The molecular formula is C9H10ClN3O2. The smallest absolute Gasteiger partial charge is 0.230 e. The molecule has 1 aromatic rings. The van der Waals surface area contributed by atoms with Crippen LogP contribution >= 0.6 is 11.6 Å². The van der Waals surface area contributed by atoms with Gasteiger partial charge in [0.15, 0.2) is 5.82 Å². The van der Waals surface area contributed by atoms with E-state index < -0.39 is 6.10 Å². The lowest BCUT2D eigenvalue weighted by Gasteiger charge is -2.16. The molecule has 5 nitrogen and oxygen atoms in total. The second-order valence-electron chi connectivity index (χ2n) is 3.43. The molecule has 1 amide bonds. The van der Waals surface area contributed by atoms with Crippen LogP contribution in [0.2, 0.25) is 5.02 Å². The number of pyridine rings is 1. The Morgan fingerprint density at radius 1 is 1.67 bits per heavy atom. The predicted octanol–water partition coefficient (Wildman–Crippen LogP) is 0.415. The molecule has 1 aromatic heterocycles. The van der Waals surface area contributed by atoms with Crippen LogP contribution in [0.15, 0.2) is 12.3 Å². The number of amides is 1. The summed E-state index contributed by atoms with van der Waals surface area (Å²) in [5, 5.41) is 9.74. The Morgan fingerprint density at radius 3 is 2.93 bits per heavy atom. The second kappa shape index (κ2) is 3.67. The minimum absolute atomic E-state index is 0.115. The van der Waals surface area contributed by atoms with E-state index in [1.54, 1.807) is 0 Å². The first-order valence-corrected chi connectivity index (χ1v) is 4.85. The summed E-state index contributed by atoms with van der Waals surface area (Å²) >= 11 is 5.69. The van der Waals surface area contributed by atoms with Gasteiger partial charge in [-0.25, -0.2) is 4.98 Å². The first-order valence-electron chi connectivity index (χ1n) is 4.47. The highest BCUT2D eigenvalue weighted by molar-refractivity contribution is 6.30. The number of carbonyl (C=O) groups is 1. The maximum Gasteiger partial charge on any atom is 0.230 e. The number of hydrogen-bond donors (Lipinski definition) is 2. The maximum absolute atomic E-state index is 11.5. The van der Waals surface area contributed by atoms with Crippen molar-refractivity contribution in [1.29, 1.82) is 0 Å². The van der Waals surface area contributed by atoms with Crippen molar-refractivity contribution in [3.63, 3.8) is 0 Å². The van der Waals surface area contributed by atoms with Gasteiger partial charge in [0.2, 0.25) is 5.91 Å². The fraction of sp³-hybridized carbons (Fsp3) is 0.333. The van der Waals surface area contributed by atoms with E-state index in [1.807, 2.05) is 0 Å². The highest BCUT2D eigenvalue weighted by Crippen LogP contribution is 2.26. The standard InChI is InChI=1S/C9H10ClN3O2/c10-5-1-7(11)9(12-3-5)13-4-6(14)2-8(13)15/h1,3,6,14H,2,4,11H2. The molecule has 0 spiro atoms. The summed E-state index contributed by atoms with van der Waals surface area (Å²) in [5.74, 6) is 0.185. The van der Waals surface area contributed by atoms with Crippen molar-refractivity contribution in [2.75, 3.05) is 17.2 Å². The fourth-order valence-corrected chi connectivity index (χ4v) is 1.73. The van der Waals surface area contributed by atoms with Crippen molar-refractivity contribution < 1.29 is 9.90 Å². The molecule has 0 aliphatic carbocycles. The van der Waals surface area contributed by atoms with Gasteiger partial charge < -0.3 is 10.8 Å². The van der Waals surface area contributed by atoms with Crippen LogP contribution in [0.4, 0.5) is 11.5 Å². The predicted molar refractivity (Wildman–Crippen MR) is 56.6 cm³/mol. The van der Waals surface area contributed by atoms with Gasteiger partial charge in [0.25, 0.3) is 0 Å². The van der Waals surface area contributed by atoms with Crippen LogP contribution in [-0.2, 0) is 4.79 Å². The monoisotopic (exact) mass is 227 g/mol. The molecule has 1 saturated heterocycles. The van der Waals surface area contributed by atoms with Crippen LogP contribution in [0, 0.1) is 0 Å². The van der Waals surface area contributed by atoms with Crippen LogP contribution in [0.5, 0.6) is 0 Å². The van der Waals surface area contributed by atoms with Gasteiger partial charge in [-0.15, -0.1) is 0 Å². The van der Waals surface area contributed by atoms with Gasteiger partial charge in [0.05, 0.1) is 29.8 Å². The Balaban J connectivity index is 2.34. The number of anilines is 2. The molecule has 0 aromatic carbocycles. The Kier molecular flexibility index (Phi) is 2.50. The molecule has 1 atom stereocenters. The third kappa shape index (κ3) is 1.88. The van der Waals surface area contributed by atoms with Crippen molar-refractivity contribution in [3.05, 3.63) is 17.3 Å². The zero-order chi connectivity index (χ0) is 11.0. The van der Waals surface area contributed by atoms with Crippen molar-refractivity contribution in [1.82, 2.24) is 4.98 Å². The van der Waals surface area contributed by atoms with Gasteiger partial charge in [-0.2, -0.15) is 0 Å². The zero-order valence-corrected chi connectivity index (χ0v) is 8.61. The highest BCUT2D eigenvalue weighted by Gasteiger charge is 2.30. The van der Waals surface area contributed by atoms with E-state index in [0.717, 1.165) is 0 Å². The second-order valence-corrected chi connectivity index (χ2v) is 3.87. The minimum Gasteiger partial charge on any atom is -0.396 e. The van der Waals surface area contributed by atoms with Crippen LogP contribution in [-0.4, -0.2) is 28.6 Å². The number of halogens is 1. The van der Waals surface area contributed by atoms with E-state index in [1.165, 1.54) is 17.2 Å². The molecule has 1 unspecified atom stereocenters. The summed E-state index contributed by atoms with van der Waals surface area (Å²) in [7, 11) is 0. The number of nitrogen functional groups attached to an aromatic ring is 1. The molecule has 1 aliphatic rings. The van der Waals surface area contributed by atoms with E-state index in [-0.39, 0.29) is 18.9 Å². The molecule has 3 N–H and O–H groups in total. The number of rotatable bonds is 1. The summed E-state index contributed by atoms with van der Waals surface area (Å²) in [6.07, 6.45) is 0.893. The molecule has 2 rings (SSSR count). The number of aliphatic hydroxyl groups is 1. The number of aliphatic hydroxyl groups excluding tert-OH is 1. The van der Waals surface area contributed by atoms with Crippen LogP contribution in [0.1, 0.15) is 6.42 Å². The molecule has 0 radical (unpaired) electrons. The lowest BCUT2D eigenvalue weighted by Crippen LogP contribution is -2.27. The third-order valence-corrected chi connectivity index (χ3v) is 2.43. The Labute approximate surface area is 91.5 Å². The number of β-amino-alcohol motifs (C(OH)–C–C–N with tert-alkyl or cyclic N) is 1. The summed E-state index contributed by atoms with van der Waals surface area (Å²) in [6.45, 7) is 0.234. The van der Waals surface area contributed by atoms with E-state index in [2.05, 4.69) is 4.98 Å². The van der Waals surface area contributed by atoms with Crippen molar-refractivity contribution >= 4 is 29.0 Å². The summed E-state index contributed by atoms with van der Waals surface area (Å²) in [6, 6.07) is 1.53. The van der Waals surface area contributed by atoms with Gasteiger partial charge in [-0.1, -0.05) is 11.6 Å². The number of nitrogens with zero attached hydrogens (tertiary/aromatic N) is 2. The highest BCUT2D eigenvalue weighted by atomic mass is 35.5. The van der Waals surface area contributed by atoms with Gasteiger partial charge in [-0.3, -0.25) is 9.69 Å². The van der Waals surface area contributed by atoms with E-state index in [4.69, 9.17) is 17.3 Å². The number of nitrogens with two attached hydrogens (primary N) is 1. The van der Waals surface area contributed by atoms with Crippen LogP contribution < -0.4 is 10.6 Å². The summed E-state index contributed by atoms with van der Waals surface area (Å²) in [5.41, 5.74) is 6.02. The zero-order valence-electron chi connectivity index (χ0n) is 7.85. The molecule has 6 heteroatoms. The van der Waals surface area contributed by atoms with E-state index in [0.29, 0.717) is 16.5 Å². The average molecular weight is 228 g/mol. The molecule has 1 aliphatic heterocycles. The lowest BCUT2D eigenvalue weighted by atomic mass is 10.3. The van der Waals surface area contributed by atoms with Crippen molar-refractivity contribution in [3.8, 4) is 0 Å².